The maximum atomic E-state index is 12.2. The second kappa shape index (κ2) is 7.32. The predicted molar refractivity (Wildman–Crippen MR) is 101 cm³/mol. The number of amides is 1. The van der Waals surface area contributed by atoms with Crippen molar-refractivity contribution in [3.8, 4) is 5.75 Å². The van der Waals surface area contributed by atoms with Crippen LogP contribution in [0.2, 0.25) is 0 Å². The molecule has 136 valence electrons. The number of benzene rings is 1. The first kappa shape index (κ1) is 16.8. The van der Waals surface area contributed by atoms with Crippen molar-refractivity contribution < 1.29 is 9.53 Å². The first-order valence-electron chi connectivity index (χ1n) is 9.35. The molecule has 0 saturated carbocycles. The number of hydrogen-bond donors (Lipinski definition) is 1. The Morgan fingerprint density at radius 1 is 1.19 bits per heavy atom. The van der Waals surface area contributed by atoms with Gasteiger partial charge in [-0.1, -0.05) is 12.1 Å². The van der Waals surface area contributed by atoms with E-state index in [1.165, 1.54) is 24.1 Å². The molecular formula is C20H24N4O2. The van der Waals surface area contributed by atoms with Gasteiger partial charge >= 0.3 is 0 Å². The zero-order chi connectivity index (χ0) is 17.9. The summed E-state index contributed by atoms with van der Waals surface area (Å²) in [6, 6.07) is 7.70. The number of rotatable bonds is 5. The van der Waals surface area contributed by atoms with Gasteiger partial charge in [0.25, 0.3) is 5.91 Å². The van der Waals surface area contributed by atoms with Crippen LogP contribution in [0.3, 0.4) is 0 Å². The molecule has 0 atom stereocenters. The standard InChI is InChI=1S/C20H24N4O2/c1-14-22-16-8-3-2-7-15(16)20(23-14)21-11-6-12-24-17-9-4-5-10-18(17)26-13-19(24)25/h4-5,9-10H,2-3,6-8,11-13H2,1H3,(H,21,22,23). The van der Waals surface area contributed by atoms with Crippen LogP contribution >= 0.6 is 0 Å². The Labute approximate surface area is 153 Å². The lowest BCUT2D eigenvalue weighted by atomic mass is 9.96. The molecule has 2 aromatic rings. The normalized spacial score (nSPS) is 15.9. The van der Waals surface area contributed by atoms with E-state index in [0.29, 0.717) is 6.54 Å². The number of anilines is 2. The van der Waals surface area contributed by atoms with Crippen molar-refractivity contribution in [2.24, 2.45) is 0 Å². The van der Waals surface area contributed by atoms with Crippen molar-refractivity contribution in [1.29, 1.82) is 0 Å². The molecule has 1 N–H and O–H groups in total. The number of para-hydroxylation sites is 2. The molecule has 1 aliphatic heterocycles. The molecule has 0 saturated heterocycles. The average molecular weight is 352 g/mol. The molecule has 6 nitrogen and oxygen atoms in total. The van der Waals surface area contributed by atoms with E-state index in [1.807, 2.05) is 36.1 Å². The van der Waals surface area contributed by atoms with Gasteiger partial charge in [-0.3, -0.25) is 4.79 Å². The van der Waals surface area contributed by atoms with Gasteiger partial charge in [0.15, 0.2) is 6.61 Å². The van der Waals surface area contributed by atoms with Crippen LogP contribution in [0.4, 0.5) is 11.5 Å². The van der Waals surface area contributed by atoms with Gasteiger partial charge in [0, 0.05) is 24.3 Å². The lowest BCUT2D eigenvalue weighted by Crippen LogP contribution is -2.39. The first-order chi connectivity index (χ1) is 12.7. The summed E-state index contributed by atoms with van der Waals surface area (Å²) >= 11 is 0. The SMILES string of the molecule is Cc1nc2c(c(NCCCN3C(=O)COc4ccccc43)n1)CCCC2. The summed E-state index contributed by atoms with van der Waals surface area (Å²) in [7, 11) is 0. The molecule has 1 amide bonds. The minimum atomic E-state index is 0.0129. The van der Waals surface area contributed by atoms with Crippen molar-refractivity contribution in [3.63, 3.8) is 0 Å². The van der Waals surface area contributed by atoms with Gasteiger partial charge in [0.05, 0.1) is 5.69 Å². The summed E-state index contributed by atoms with van der Waals surface area (Å²) in [6.45, 7) is 3.50. The fourth-order valence-corrected chi connectivity index (χ4v) is 3.71. The van der Waals surface area contributed by atoms with E-state index in [4.69, 9.17) is 4.74 Å². The number of aromatic nitrogens is 2. The molecule has 0 bridgehead atoms. The summed E-state index contributed by atoms with van der Waals surface area (Å²) in [6.07, 6.45) is 5.35. The maximum absolute atomic E-state index is 12.2. The van der Waals surface area contributed by atoms with E-state index in [9.17, 15) is 4.79 Å². The molecule has 0 fully saturated rings. The lowest BCUT2D eigenvalue weighted by molar-refractivity contribution is -0.121. The lowest BCUT2D eigenvalue weighted by Gasteiger charge is -2.29. The summed E-state index contributed by atoms with van der Waals surface area (Å²) in [5.41, 5.74) is 3.33. The van der Waals surface area contributed by atoms with Crippen molar-refractivity contribution in [2.45, 2.75) is 39.0 Å². The zero-order valence-electron chi connectivity index (χ0n) is 15.1. The highest BCUT2D eigenvalue weighted by Crippen LogP contribution is 2.31. The molecule has 0 radical (unpaired) electrons. The van der Waals surface area contributed by atoms with Gasteiger partial charge in [0.1, 0.15) is 17.4 Å². The number of fused-ring (bicyclic) bond motifs is 2. The van der Waals surface area contributed by atoms with Crippen LogP contribution in [0.15, 0.2) is 24.3 Å². The quantitative estimate of drug-likeness (QED) is 0.838. The summed E-state index contributed by atoms with van der Waals surface area (Å²) in [4.78, 5) is 23.2. The van der Waals surface area contributed by atoms with Crippen LogP contribution in [0.25, 0.3) is 0 Å². The molecule has 0 unspecified atom stereocenters. The number of nitrogens with zero attached hydrogens (tertiary/aromatic N) is 3. The highest BCUT2D eigenvalue weighted by Gasteiger charge is 2.24. The number of hydrogen-bond acceptors (Lipinski definition) is 5. The number of carbonyl (C=O) groups is 1. The number of ether oxygens (including phenoxy) is 1. The fourth-order valence-electron chi connectivity index (χ4n) is 3.71. The maximum Gasteiger partial charge on any atom is 0.265 e. The minimum Gasteiger partial charge on any atom is -0.482 e. The molecule has 1 aromatic carbocycles. The number of aryl methyl sites for hydroxylation is 2. The first-order valence-corrected chi connectivity index (χ1v) is 9.35. The van der Waals surface area contributed by atoms with Gasteiger partial charge in [-0.05, 0) is 51.2 Å². The van der Waals surface area contributed by atoms with Crippen molar-refractivity contribution >= 4 is 17.4 Å². The Morgan fingerprint density at radius 3 is 2.96 bits per heavy atom. The van der Waals surface area contributed by atoms with E-state index >= 15 is 0 Å². The second-order valence-electron chi connectivity index (χ2n) is 6.83. The van der Waals surface area contributed by atoms with Crippen LogP contribution in [0, 0.1) is 6.92 Å². The highest BCUT2D eigenvalue weighted by molar-refractivity contribution is 5.97. The van der Waals surface area contributed by atoms with E-state index in [0.717, 1.165) is 48.9 Å². The van der Waals surface area contributed by atoms with Crippen LogP contribution < -0.4 is 15.0 Å². The third-order valence-corrected chi connectivity index (χ3v) is 4.95. The van der Waals surface area contributed by atoms with Crippen molar-refractivity contribution in [1.82, 2.24) is 9.97 Å². The molecular weight excluding hydrogens is 328 g/mol. The topological polar surface area (TPSA) is 67.4 Å². The van der Waals surface area contributed by atoms with Crippen LogP contribution in [0.5, 0.6) is 5.75 Å². The number of nitrogens with one attached hydrogen (secondary N) is 1. The van der Waals surface area contributed by atoms with E-state index < -0.39 is 0 Å². The molecule has 0 spiro atoms. The summed E-state index contributed by atoms with van der Waals surface area (Å²) in [5.74, 6) is 2.59. The zero-order valence-corrected chi connectivity index (χ0v) is 15.1. The van der Waals surface area contributed by atoms with Crippen molar-refractivity contribution in [3.05, 3.63) is 41.3 Å². The van der Waals surface area contributed by atoms with E-state index in [1.54, 1.807) is 0 Å². The Bertz CT molecular complexity index is 821. The van der Waals surface area contributed by atoms with Gasteiger partial charge in [-0.2, -0.15) is 0 Å². The molecule has 6 heteroatoms. The van der Waals surface area contributed by atoms with Gasteiger partial charge in [-0.25, -0.2) is 9.97 Å². The molecule has 2 heterocycles. The smallest absolute Gasteiger partial charge is 0.265 e. The van der Waals surface area contributed by atoms with Gasteiger partial charge in [0.2, 0.25) is 0 Å². The van der Waals surface area contributed by atoms with Crippen LogP contribution in [-0.2, 0) is 17.6 Å². The Morgan fingerprint density at radius 2 is 2.04 bits per heavy atom. The Hall–Kier alpha value is -2.63. The Kier molecular flexibility index (Phi) is 4.73. The molecule has 1 aromatic heterocycles. The van der Waals surface area contributed by atoms with E-state index in [2.05, 4.69) is 15.3 Å². The van der Waals surface area contributed by atoms with Gasteiger partial charge in [-0.15, -0.1) is 0 Å². The van der Waals surface area contributed by atoms with Crippen molar-refractivity contribution in [2.75, 3.05) is 29.9 Å². The highest BCUT2D eigenvalue weighted by atomic mass is 16.5. The van der Waals surface area contributed by atoms with E-state index in [-0.39, 0.29) is 12.5 Å². The minimum absolute atomic E-state index is 0.0129. The molecule has 26 heavy (non-hydrogen) atoms. The predicted octanol–water partition coefficient (Wildman–Crippen LogP) is 2.89. The monoisotopic (exact) mass is 352 g/mol. The average Bonchev–Trinajstić information content (AvgIpc) is 2.66. The van der Waals surface area contributed by atoms with Gasteiger partial charge < -0.3 is 15.0 Å². The van der Waals surface area contributed by atoms with Crippen LogP contribution in [0.1, 0.15) is 36.3 Å². The third-order valence-electron chi connectivity index (χ3n) is 4.95. The second-order valence-corrected chi connectivity index (χ2v) is 6.83. The summed E-state index contributed by atoms with van der Waals surface area (Å²) in [5, 5.41) is 3.47. The van der Waals surface area contributed by atoms with Crippen LogP contribution in [-0.4, -0.2) is 35.6 Å². The third kappa shape index (κ3) is 3.36. The molecule has 2 aliphatic rings. The number of carbonyl (C=O) groups excluding carboxylic acids is 1. The summed E-state index contributed by atoms with van der Waals surface area (Å²) < 4.78 is 5.49. The fraction of sp³-hybridized carbons (Fsp3) is 0.450. The molecule has 4 rings (SSSR count). The Balaban J connectivity index is 1.39. The largest absolute Gasteiger partial charge is 0.482 e. The molecule has 1 aliphatic carbocycles.